The largest absolute Gasteiger partial charge is 0.365 e. The Labute approximate surface area is 115 Å². The van der Waals surface area contributed by atoms with Crippen molar-refractivity contribution in [2.45, 2.75) is 58.9 Å². The third-order valence-electron chi connectivity index (χ3n) is 3.99. The van der Waals surface area contributed by atoms with E-state index in [4.69, 9.17) is 0 Å². The molecule has 1 aromatic rings. The van der Waals surface area contributed by atoms with E-state index in [1.807, 2.05) is 0 Å². The van der Waals surface area contributed by atoms with E-state index >= 15 is 0 Å². The molecule has 2 atom stereocenters. The van der Waals surface area contributed by atoms with Gasteiger partial charge in [0.05, 0.1) is 5.69 Å². The number of nitrogens with one attached hydrogen (secondary N) is 1. The van der Waals surface area contributed by atoms with E-state index in [2.05, 4.69) is 42.4 Å². The number of aromatic nitrogens is 2. The summed E-state index contributed by atoms with van der Waals surface area (Å²) in [6.45, 7) is 6.39. The highest BCUT2D eigenvalue weighted by Crippen LogP contribution is 2.28. The molecule has 1 fully saturated rings. The summed E-state index contributed by atoms with van der Waals surface area (Å²) in [5, 5.41) is 21.3. The molecular formula is C15H22N4. The number of anilines is 1. The summed E-state index contributed by atoms with van der Waals surface area (Å²) in [6.07, 6.45) is 5.22. The van der Waals surface area contributed by atoms with Gasteiger partial charge >= 0.3 is 0 Å². The smallest absolute Gasteiger partial charge is 0.167 e. The molecule has 1 aliphatic carbocycles. The Morgan fingerprint density at radius 2 is 2.05 bits per heavy atom. The first-order valence-corrected chi connectivity index (χ1v) is 7.24. The van der Waals surface area contributed by atoms with E-state index < -0.39 is 0 Å². The Morgan fingerprint density at radius 3 is 2.58 bits per heavy atom. The lowest BCUT2D eigenvalue weighted by Gasteiger charge is -2.16. The molecule has 0 saturated heterocycles. The third kappa shape index (κ3) is 2.86. The van der Waals surface area contributed by atoms with Crippen LogP contribution in [0.1, 0.15) is 56.9 Å². The van der Waals surface area contributed by atoms with E-state index in [0.29, 0.717) is 17.4 Å². The van der Waals surface area contributed by atoms with Gasteiger partial charge in [0.1, 0.15) is 11.6 Å². The van der Waals surface area contributed by atoms with Crippen molar-refractivity contribution in [1.29, 1.82) is 5.26 Å². The molecule has 2 unspecified atom stereocenters. The Kier molecular flexibility index (Phi) is 4.36. The van der Waals surface area contributed by atoms with Crippen molar-refractivity contribution in [3.8, 4) is 6.07 Å². The molecule has 0 aromatic carbocycles. The number of rotatable bonds is 4. The highest BCUT2D eigenvalue weighted by Gasteiger charge is 2.23. The molecular weight excluding hydrogens is 236 g/mol. The second kappa shape index (κ2) is 6.01. The van der Waals surface area contributed by atoms with Crippen LogP contribution in [0.15, 0.2) is 0 Å². The topological polar surface area (TPSA) is 61.6 Å². The molecule has 4 nitrogen and oxygen atoms in total. The molecule has 0 radical (unpaired) electrons. The van der Waals surface area contributed by atoms with E-state index in [1.54, 1.807) is 0 Å². The molecule has 1 N–H and O–H groups in total. The fourth-order valence-electron chi connectivity index (χ4n) is 2.93. The Hall–Kier alpha value is -1.63. The lowest BCUT2D eigenvalue weighted by atomic mass is 10.0. The number of hydrogen-bond acceptors (Lipinski definition) is 4. The predicted molar refractivity (Wildman–Crippen MR) is 75.9 cm³/mol. The number of nitrogens with zero attached hydrogens (tertiary/aromatic N) is 3. The molecule has 1 aliphatic rings. The average molecular weight is 258 g/mol. The second-order valence-corrected chi connectivity index (χ2v) is 5.43. The average Bonchev–Trinajstić information content (AvgIpc) is 2.83. The van der Waals surface area contributed by atoms with Crippen LogP contribution in [-0.4, -0.2) is 16.2 Å². The molecule has 1 saturated carbocycles. The van der Waals surface area contributed by atoms with Gasteiger partial charge in [-0.2, -0.15) is 10.4 Å². The van der Waals surface area contributed by atoms with E-state index in [-0.39, 0.29) is 0 Å². The second-order valence-electron chi connectivity index (χ2n) is 5.43. The highest BCUT2D eigenvalue weighted by atomic mass is 15.2. The van der Waals surface area contributed by atoms with E-state index in [1.165, 1.54) is 6.42 Å². The van der Waals surface area contributed by atoms with Crippen molar-refractivity contribution >= 4 is 5.82 Å². The monoisotopic (exact) mass is 258 g/mol. The van der Waals surface area contributed by atoms with Crippen molar-refractivity contribution in [2.24, 2.45) is 5.92 Å². The zero-order chi connectivity index (χ0) is 13.8. The van der Waals surface area contributed by atoms with E-state index in [0.717, 1.165) is 42.9 Å². The molecule has 2 rings (SSSR count). The van der Waals surface area contributed by atoms with Crippen LogP contribution in [0.25, 0.3) is 0 Å². The van der Waals surface area contributed by atoms with Crippen LogP contribution < -0.4 is 5.32 Å². The third-order valence-corrected chi connectivity index (χ3v) is 3.99. The summed E-state index contributed by atoms with van der Waals surface area (Å²) in [5.74, 6) is 1.44. The summed E-state index contributed by atoms with van der Waals surface area (Å²) in [6, 6.07) is 2.75. The van der Waals surface area contributed by atoms with Gasteiger partial charge in [0, 0.05) is 6.04 Å². The molecule has 0 amide bonds. The van der Waals surface area contributed by atoms with Gasteiger partial charge in [0.15, 0.2) is 5.82 Å². The summed E-state index contributed by atoms with van der Waals surface area (Å²) in [5.41, 5.74) is 2.69. The van der Waals surface area contributed by atoms with Gasteiger partial charge < -0.3 is 5.32 Å². The Morgan fingerprint density at radius 1 is 1.26 bits per heavy atom. The Balaban J connectivity index is 2.28. The number of nitriles is 1. The van der Waals surface area contributed by atoms with Gasteiger partial charge in [-0.05, 0) is 43.6 Å². The minimum Gasteiger partial charge on any atom is -0.365 e. The maximum atomic E-state index is 9.42. The summed E-state index contributed by atoms with van der Waals surface area (Å²) >= 11 is 0. The summed E-state index contributed by atoms with van der Waals surface area (Å²) < 4.78 is 0. The molecule has 1 heterocycles. The van der Waals surface area contributed by atoms with Crippen molar-refractivity contribution < 1.29 is 0 Å². The van der Waals surface area contributed by atoms with Crippen LogP contribution in [-0.2, 0) is 12.8 Å². The molecule has 102 valence electrons. The van der Waals surface area contributed by atoms with Gasteiger partial charge in [-0.15, -0.1) is 5.10 Å². The normalized spacial score (nSPS) is 22.2. The summed E-state index contributed by atoms with van der Waals surface area (Å²) in [4.78, 5) is 0. The fraction of sp³-hybridized carbons (Fsp3) is 0.667. The zero-order valence-corrected chi connectivity index (χ0v) is 12.0. The van der Waals surface area contributed by atoms with Crippen molar-refractivity contribution in [3.63, 3.8) is 0 Å². The number of hydrogen-bond donors (Lipinski definition) is 1. The maximum absolute atomic E-state index is 9.42. The molecule has 1 aromatic heterocycles. The fourth-order valence-corrected chi connectivity index (χ4v) is 2.93. The predicted octanol–water partition coefficient (Wildman–Crippen LogP) is 3.07. The molecule has 0 aliphatic heterocycles. The zero-order valence-electron chi connectivity index (χ0n) is 12.0. The minimum atomic E-state index is 0.439. The van der Waals surface area contributed by atoms with Gasteiger partial charge in [-0.3, -0.25) is 0 Å². The molecule has 0 spiro atoms. The van der Waals surface area contributed by atoms with Crippen molar-refractivity contribution in [3.05, 3.63) is 16.8 Å². The number of aryl methyl sites for hydroxylation is 1. The van der Waals surface area contributed by atoms with Crippen LogP contribution in [0.4, 0.5) is 5.82 Å². The van der Waals surface area contributed by atoms with Crippen LogP contribution in [0, 0.1) is 17.2 Å². The van der Waals surface area contributed by atoms with Crippen molar-refractivity contribution in [2.75, 3.05) is 5.32 Å². The quantitative estimate of drug-likeness (QED) is 0.901. The lowest BCUT2D eigenvalue weighted by molar-refractivity contribution is 0.602. The van der Waals surface area contributed by atoms with Crippen LogP contribution in [0.5, 0.6) is 0 Å². The Bertz CT molecular complexity index is 490. The SMILES string of the molecule is CCc1nnc(NC2CCC(C)C2)c(C#N)c1CC. The van der Waals surface area contributed by atoms with Gasteiger partial charge in [0.2, 0.25) is 0 Å². The van der Waals surface area contributed by atoms with Gasteiger partial charge in [0.25, 0.3) is 0 Å². The first kappa shape index (κ1) is 13.8. The lowest BCUT2D eigenvalue weighted by Crippen LogP contribution is -2.19. The van der Waals surface area contributed by atoms with E-state index in [9.17, 15) is 5.26 Å². The van der Waals surface area contributed by atoms with Gasteiger partial charge in [-0.25, -0.2) is 0 Å². The van der Waals surface area contributed by atoms with Crippen LogP contribution in [0.3, 0.4) is 0 Å². The summed E-state index contributed by atoms with van der Waals surface area (Å²) in [7, 11) is 0. The minimum absolute atomic E-state index is 0.439. The first-order chi connectivity index (χ1) is 9.19. The molecule has 19 heavy (non-hydrogen) atoms. The van der Waals surface area contributed by atoms with Gasteiger partial charge in [-0.1, -0.05) is 20.8 Å². The van der Waals surface area contributed by atoms with Crippen LogP contribution >= 0.6 is 0 Å². The van der Waals surface area contributed by atoms with Crippen LogP contribution in [0.2, 0.25) is 0 Å². The van der Waals surface area contributed by atoms with Crippen molar-refractivity contribution in [1.82, 2.24) is 10.2 Å². The highest BCUT2D eigenvalue weighted by molar-refractivity contribution is 5.57. The molecule has 0 bridgehead atoms. The maximum Gasteiger partial charge on any atom is 0.167 e. The molecule has 4 heteroatoms. The standard InChI is InChI=1S/C15H22N4/c1-4-12-13(9-16)15(19-18-14(12)5-2)17-11-7-6-10(3)8-11/h10-11H,4-8H2,1-3H3,(H,17,19). The first-order valence-electron chi connectivity index (χ1n) is 7.24.